The molecule has 6 nitrogen and oxygen atoms in total. The summed E-state index contributed by atoms with van der Waals surface area (Å²) in [6, 6.07) is 21.0. The van der Waals surface area contributed by atoms with Crippen molar-refractivity contribution >= 4 is 11.6 Å². The molecule has 0 radical (unpaired) electrons. The summed E-state index contributed by atoms with van der Waals surface area (Å²) in [4.78, 5) is 17.8. The zero-order chi connectivity index (χ0) is 20.2. The molecule has 146 valence electrons. The van der Waals surface area contributed by atoms with Gasteiger partial charge in [0.25, 0.3) is 5.91 Å². The van der Waals surface area contributed by atoms with Gasteiger partial charge in [0.15, 0.2) is 11.5 Å². The first-order valence-electron chi connectivity index (χ1n) is 9.23. The number of pyridine rings is 1. The maximum atomic E-state index is 13.1. The highest BCUT2D eigenvalue weighted by Gasteiger charge is 2.20. The monoisotopic (exact) mass is 387 g/mol. The van der Waals surface area contributed by atoms with Crippen LogP contribution in [0.3, 0.4) is 0 Å². The fourth-order valence-corrected chi connectivity index (χ4v) is 3.27. The quantitative estimate of drug-likeness (QED) is 0.544. The van der Waals surface area contributed by atoms with Gasteiger partial charge in [-0.1, -0.05) is 42.5 Å². The van der Waals surface area contributed by atoms with Crippen molar-refractivity contribution in [2.24, 2.45) is 0 Å². The topological polar surface area (TPSA) is 64.9 Å². The molecule has 0 atom stereocenters. The van der Waals surface area contributed by atoms with Gasteiger partial charge in [-0.15, -0.1) is 0 Å². The molecular formula is C23H21N3O3. The number of methoxy groups -OCH3 is 2. The molecular weight excluding hydrogens is 366 g/mol. The zero-order valence-electron chi connectivity index (χ0n) is 16.3. The molecule has 0 aliphatic carbocycles. The molecule has 0 saturated heterocycles. The lowest BCUT2D eigenvalue weighted by Crippen LogP contribution is -2.24. The molecule has 29 heavy (non-hydrogen) atoms. The van der Waals surface area contributed by atoms with Gasteiger partial charge in [0, 0.05) is 18.3 Å². The maximum Gasteiger partial charge on any atom is 0.270 e. The lowest BCUT2D eigenvalue weighted by atomic mass is 10.1. The number of nitrogens with one attached hydrogen (secondary N) is 1. The third-order valence-electron chi connectivity index (χ3n) is 4.69. The van der Waals surface area contributed by atoms with Crippen molar-refractivity contribution in [3.8, 4) is 22.8 Å². The molecule has 4 rings (SSSR count). The van der Waals surface area contributed by atoms with E-state index in [0.717, 1.165) is 16.8 Å². The van der Waals surface area contributed by atoms with Gasteiger partial charge in [-0.3, -0.25) is 9.20 Å². The van der Waals surface area contributed by atoms with Gasteiger partial charge in [0.05, 0.1) is 14.2 Å². The Bertz CT molecular complexity index is 1150. The van der Waals surface area contributed by atoms with Crippen molar-refractivity contribution in [3.05, 3.63) is 84.2 Å². The summed E-state index contributed by atoms with van der Waals surface area (Å²) in [5.74, 6) is 1.08. The second-order valence-electron chi connectivity index (χ2n) is 6.48. The minimum Gasteiger partial charge on any atom is -0.493 e. The summed E-state index contributed by atoms with van der Waals surface area (Å²) in [6.45, 7) is 0.355. The van der Waals surface area contributed by atoms with Gasteiger partial charge in [0.2, 0.25) is 0 Å². The summed E-state index contributed by atoms with van der Waals surface area (Å²) < 4.78 is 12.4. The smallest absolute Gasteiger partial charge is 0.270 e. The number of benzene rings is 2. The standard InChI is InChI=1S/C23H21N3O3/c1-28-18-12-11-16(14-19(18)29-2)15-24-23(27)22-21(17-8-4-3-5-9-17)25-20-10-6-7-13-26(20)22/h3-14H,15H2,1-2H3,(H,24,27). The number of aromatic nitrogens is 2. The first kappa shape index (κ1) is 18.6. The third-order valence-corrected chi connectivity index (χ3v) is 4.69. The van der Waals surface area contributed by atoms with E-state index < -0.39 is 0 Å². The predicted molar refractivity (Wildman–Crippen MR) is 111 cm³/mol. The molecule has 4 aromatic rings. The molecule has 2 aromatic carbocycles. The summed E-state index contributed by atoms with van der Waals surface area (Å²) in [6.07, 6.45) is 1.85. The van der Waals surface area contributed by atoms with Crippen LogP contribution in [0.15, 0.2) is 72.9 Å². The molecule has 1 amide bonds. The molecule has 0 aliphatic rings. The molecule has 0 spiro atoms. The van der Waals surface area contributed by atoms with Crippen LogP contribution in [-0.2, 0) is 6.54 Å². The number of hydrogen-bond acceptors (Lipinski definition) is 4. The van der Waals surface area contributed by atoms with Crippen LogP contribution in [0.25, 0.3) is 16.9 Å². The maximum absolute atomic E-state index is 13.1. The number of nitrogens with zero attached hydrogens (tertiary/aromatic N) is 2. The van der Waals surface area contributed by atoms with Gasteiger partial charge >= 0.3 is 0 Å². The summed E-state index contributed by atoms with van der Waals surface area (Å²) in [5.41, 5.74) is 3.69. The number of fused-ring (bicyclic) bond motifs is 1. The van der Waals surface area contributed by atoms with E-state index in [1.165, 1.54) is 0 Å². The van der Waals surface area contributed by atoms with E-state index in [2.05, 4.69) is 10.3 Å². The molecule has 2 aromatic heterocycles. The Morgan fingerprint density at radius 1 is 0.966 bits per heavy atom. The van der Waals surface area contributed by atoms with Crippen LogP contribution in [-0.4, -0.2) is 29.5 Å². The number of carbonyl (C=O) groups excluding carboxylic acids is 1. The number of ether oxygens (including phenoxy) is 2. The lowest BCUT2D eigenvalue weighted by Gasteiger charge is -2.11. The predicted octanol–water partition coefficient (Wildman–Crippen LogP) is 3.95. The molecule has 0 saturated carbocycles. The largest absolute Gasteiger partial charge is 0.493 e. The second-order valence-corrected chi connectivity index (χ2v) is 6.48. The van der Waals surface area contributed by atoms with E-state index in [-0.39, 0.29) is 5.91 Å². The highest BCUT2D eigenvalue weighted by molar-refractivity contribution is 5.99. The van der Waals surface area contributed by atoms with Crippen molar-refractivity contribution in [2.75, 3.05) is 14.2 Å². The van der Waals surface area contributed by atoms with Gasteiger partial charge in [-0.25, -0.2) is 4.98 Å². The molecule has 2 heterocycles. The second kappa shape index (κ2) is 8.06. The molecule has 0 bridgehead atoms. The van der Waals surface area contributed by atoms with Crippen molar-refractivity contribution in [1.82, 2.24) is 14.7 Å². The Labute approximate surface area is 168 Å². The fraction of sp³-hybridized carbons (Fsp3) is 0.130. The summed E-state index contributed by atoms with van der Waals surface area (Å²) in [7, 11) is 3.18. The van der Waals surface area contributed by atoms with Crippen LogP contribution in [0.2, 0.25) is 0 Å². The number of hydrogen-bond donors (Lipinski definition) is 1. The Balaban J connectivity index is 1.65. The highest BCUT2D eigenvalue weighted by atomic mass is 16.5. The van der Waals surface area contributed by atoms with Crippen LogP contribution in [0.4, 0.5) is 0 Å². The summed E-state index contributed by atoms with van der Waals surface area (Å²) >= 11 is 0. The van der Waals surface area contributed by atoms with E-state index in [1.54, 1.807) is 14.2 Å². The van der Waals surface area contributed by atoms with Gasteiger partial charge in [-0.05, 0) is 29.8 Å². The minimum absolute atomic E-state index is 0.197. The normalized spacial score (nSPS) is 10.7. The summed E-state index contributed by atoms with van der Waals surface area (Å²) in [5, 5.41) is 3.00. The third kappa shape index (κ3) is 3.65. The van der Waals surface area contributed by atoms with Crippen LogP contribution >= 0.6 is 0 Å². The number of amides is 1. The fourth-order valence-electron chi connectivity index (χ4n) is 3.27. The van der Waals surface area contributed by atoms with Crippen LogP contribution in [0.5, 0.6) is 11.5 Å². The molecule has 0 fully saturated rings. The van der Waals surface area contributed by atoms with Gasteiger partial charge in [-0.2, -0.15) is 0 Å². The molecule has 0 unspecified atom stereocenters. The molecule has 6 heteroatoms. The van der Waals surface area contributed by atoms with Crippen molar-refractivity contribution in [1.29, 1.82) is 0 Å². The van der Waals surface area contributed by atoms with E-state index >= 15 is 0 Å². The molecule has 0 aliphatic heterocycles. The zero-order valence-corrected chi connectivity index (χ0v) is 16.3. The van der Waals surface area contributed by atoms with Crippen molar-refractivity contribution < 1.29 is 14.3 Å². The van der Waals surface area contributed by atoms with E-state index in [0.29, 0.717) is 29.4 Å². The lowest BCUT2D eigenvalue weighted by molar-refractivity contribution is 0.0945. The SMILES string of the molecule is COc1ccc(CNC(=O)c2c(-c3ccccc3)nc3ccccn23)cc1OC. The van der Waals surface area contributed by atoms with Crippen LogP contribution in [0, 0.1) is 0 Å². The van der Waals surface area contributed by atoms with E-state index in [4.69, 9.17) is 9.47 Å². The first-order chi connectivity index (χ1) is 14.2. The van der Waals surface area contributed by atoms with Crippen molar-refractivity contribution in [3.63, 3.8) is 0 Å². The van der Waals surface area contributed by atoms with Gasteiger partial charge < -0.3 is 14.8 Å². The Morgan fingerprint density at radius 2 is 1.72 bits per heavy atom. The van der Waals surface area contributed by atoms with E-state index in [1.807, 2.05) is 77.3 Å². The first-order valence-corrected chi connectivity index (χ1v) is 9.23. The average Bonchev–Trinajstić information content (AvgIpc) is 3.17. The minimum atomic E-state index is -0.197. The Morgan fingerprint density at radius 3 is 2.48 bits per heavy atom. The van der Waals surface area contributed by atoms with Gasteiger partial charge in [0.1, 0.15) is 17.0 Å². The number of carbonyl (C=O) groups is 1. The highest BCUT2D eigenvalue weighted by Crippen LogP contribution is 2.28. The molecule has 1 N–H and O–H groups in total. The van der Waals surface area contributed by atoms with E-state index in [9.17, 15) is 4.79 Å². The Hall–Kier alpha value is -3.80. The average molecular weight is 387 g/mol. The number of rotatable bonds is 6. The van der Waals surface area contributed by atoms with Crippen LogP contribution in [0.1, 0.15) is 16.1 Å². The number of imidazole rings is 1. The van der Waals surface area contributed by atoms with Crippen molar-refractivity contribution in [2.45, 2.75) is 6.54 Å². The van der Waals surface area contributed by atoms with Crippen LogP contribution < -0.4 is 14.8 Å². The Kier molecular flexibility index (Phi) is 5.16.